The Morgan fingerprint density at radius 2 is 1.12 bits per heavy atom. The Bertz CT molecular complexity index is 2550. The van der Waals surface area contributed by atoms with Crippen LogP contribution < -0.4 is 0 Å². The van der Waals surface area contributed by atoms with Crippen molar-refractivity contribution in [2.24, 2.45) is 4.99 Å². The Hall–Kier alpha value is -6.26. The maximum absolute atomic E-state index is 5.14. The number of allylic oxidation sites excluding steroid dienone is 1. The number of rotatable bonds is 5. The van der Waals surface area contributed by atoms with Gasteiger partial charge in [0.2, 0.25) is 0 Å². The highest BCUT2D eigenvalue weighted by Gasteiger charge is 2.25. The maximum atomic E-state index is 5.14. The summed E-state index contributed by atoms with van der Waals surface area (Å²) in [4.78, 5) is 19.8. The predicted molar refractivity (Wildman–Crippen MR) is 203 cm³/mol. The van der Waals surface area contributed by atoms with Crippen molar-refractivity contribution in [3.8, 4) is 22.3 Å². The van der Waals surface area contributed by atoms with E-state index in [0.717, 1.165) is 83.2 Å². The topological polar surface area (TPSA) is 51.0 Å². The molecule has 4 nitrogen and oxygen atoms in total. The van der Waals surface area contributed by atoms with Crippen LogP contribution in [0.4, 0.5) is 5.82 Å². The zero-order valence-electron chi connectivity index (χ0n) is 27.3. The lowest BCUT2D eigenvalue weighted by Gasteiger charge is -2.17. The Kier molecular flexibility index (Phi) is 6.94. The largest absolute Gasteiger partial charge is 0.256 e. The quantitative estimate of drug-likeness (QED) is 0.191. The Balaban J connectivity index is 1.26. The molecule has 49 heavy (non-hydrogen) atoms. The lowest BCUT2D eigenvalue weighted by Crippen LogP contribution is -2.04. The Morgan fingerprint density at radius 1 is 0.571 bits per heavy atom. The fourth-order valence-electron chi connectivity index (χ4n) is 6.98. The zero-order chi connectivity index (χ0) is 32.9. The normalized spacial score (nSPS) is 14.4. The summed E-state index contributed by atoms with van der Waals surface area (Å²) in [5.41, 5.74) is 14.0. The average molecular weight is 629 g/mol. The van der Waals surface area contributed by atoms with E-state index >= 15 is 0 Å². The number of hydrogen-bond acceptors (Lipinski definition) is 4. The highest BCUT2D eigenvalue weighted by atomic mass is 14.9. The number of aliphatic imine (C=N–C) groups is 1. The molecule has 0 saturated carbocycles. The molecule has 9 rings (SSSR count). The monoisotopic (exact) mass is 628 g/mol. The summed E-state index contributed by atoms with van der Waals surface area (Å²) in [6.45, 7) is 4.41. The second-order valence-corrected chi connectivity index (χ2v) is 12.9. The van der Waals surface area contributed by atoms with Crippen LogP contribution in [-0.4, -0.2) is 20.7 Å². The van der Waals surface area contributed by atoms with Crippen LogP contribution in [0, 0.1) is 6.92 Å². The summed E-state index contributed by atoms with van der Waals surface area (Å²) in [6, 6.07) is 47.0. The molecule has 0 radical (unpaired) electrons. The minimum absolute atomic E-state index is 0.100. The second kappa shape index (κ2) is 11.8. The van der Waals surface area contributed by atoms with Crippen LogP contribution in [0.5, 0.6) is 0 Å². The Labute approximate surface area is 285 Å². The molecular formula is C45H32N4. The molecule has 0 N–H and O–H groups in total. The van der Waals surface area contributed by atoms with E-state index < -0.39 is 0 Å². The van der Waals surface area contributed by atoms with Gasteiger partial charge in [0.15, 0.2) is 5.82 Å². The minimum atomic E-state index is 0.100. The van der Waals surface area contributed by atoms with Gasteiger partial charge in [-0.05, 0) is 101 Å². The van der Waals surface area contributed by atoms with E-state index in [4.69, 9.17) is 19.9 Å². The fraction of sp³-hybridized carbons (Fsp3) is 0.0667. The number of nitrogens with zero attached hydrogens (tertiary/aromatic N) is 4. The number of aryl methyl sites for hydroxylation is 1. The van der Waals surface area contributed by atoms with Crippen LogP contribution in [0.1, 0.15) is 35.1 Å². The molecule has 232 valence electrons. The van der Waals surface area contributed by atoms with Gasteiger partial charge in [0, 0.05) is 51.2 Å². The second-order valence-electron chi connectivity index (χ2n) is 12.9. The summed E-state index contributed by atoms with van der Waals surface area (Å²) in [7, 11) is 0. The van der Waals surface area contributed by atoms with Crippen molar-refractivity contribution < 1.29 is 0 Å². The molecule has 0 saturated heterocycles. The first-order valence-corrected chi connectivity index (χ1v) is 16.7. The molecule has 0 fully saturated rings. The van der Waals surface area contributed by atoms with E-state index in [2.05, 4.69) is 135 Å². The van der Waals surface area contributed by atoms with Gasteiger partial charge in [-0.25, -0.2) is 9.98 Å². The van der Waals surface area contributed by atoms with Gasteiger partial charge >= 0.3 is 0 Å². The molecule has 0 aliphatic carbocycles. The third-order valence-electron chi connectivity index (χ3n) is 9.70. The highest BCUT2D eigenvalue weighted by Crippen LogP contribution is 2.40. The number of pyridine rings is 3. The predicted octanol–water partition coefficient (Wildman–Crippen LogP) is 11.3. The summed E-state index contributed by atoms with van der Waals surface area (Å²) in [5, 5.41) is 3.36. The molecule has 8 aromatic rings. The molecule has 0 amide bonds. The molecule has 5 aromatic carbocycles. The van der Waals surface area contributed by atoms with E-state index in [1.54, 1.807) is 0 Å². The average Bonchev–Trinajstić information content (AvgIpc) is 3.45. The molecule has 0 spiro atoms. The zero-order valence-corrected chi connectivity index (χ0v) is 27.3. The molecule has 1 aliphatic heterocycles. The van der Waals surface area contributed by atoms with E-state index in [-0.39, 0.29) is 5.92 Å². The van der Waals surface area contributed by atoms with Crippen LogP contribution in [0.25, 0.3) is 60.5 Å². The van der Waals surface area contributed by atoms with Crippen molar-refractivity contribution in [2.45, 2.75) is 19.8 Å². The first kappa shape index (κ1) is 28.9. The first-order valence-electron chi connectivity index (χ1n) is 16.7. The number of hydrogen-bond donors (Lipinski definition) is 0. The number of benzene rings is 5. The van der Waals surface area contributed by atoms with E-state index in [1.807, 2.05) is 30.6 Å². The molecule has 1 unspecified atom stereocenters. The third kappa shape index (κ3) is 5.28. The molecule has 0 bridgehead atoms. The molecule has 4 heterocycles. The SMILES string of the molecule is Cc1ccccc1/C(=C\C1=Nc2nc3ccccc3cc2C1C)c1cc(-c2cnc3ccccc3c2)cc(-c2cnc3ccccc3c2)c1. The van der Waals surface area contributed by atoms with Crippen molar-refractivity contribution >= 4 is 49.8 Å². The number of para-hydroxylation sites is 3. The van der Waals surface area contributed by atoms with Gasteiger partial charge in [-0.3, -0.25) is 9.97 Å². The van der Waals surface area contributed by atoms with Crippen LogP contribution in [0.3, 0.4) is 0 Å². The van der Waals surface area contributed by atoms with Gasteiger partial charge in [-0.1, -0.05) is 85.8 Å². The summed E-state index contributed by atoms with van der Waals surface area (Å²) in [6.07, 6.45) is 6.24. The van der Waals surface area contributed by atoms with Gasteiger partial charge in [-0.2, -0.15) is 0 Å². The molecular weight excluding hydrogens is 597 g/mol. The van der Waals surface area contributed by atoms with Crippen molar-refractivity contribution in [3.63, 3.8) is 0 Å². The van der Waals surface area contributed by atoms with E-state index in [0.29, 0.717) is 0 Å². The van der Waals surface area contributed by atoms with Crippen molar-refractivity contribution in [1.29, 1.82) is 0 Å². The molecule has 3 aromatic heterocycles. The third-order valence-corrected chi connectivity index (χ3v) is 9.70. The smallest absolute Gasteiger partial charge is 0.156 e. The molecule has 1 aliphatic rings. The lowest BCUT2D eigenvalue weighted by atomic mass is 9.87. The minimum Gasteiger partial charge on any atom is -0.256 e. The number of fused-ring (bicyclic) bond motifs is 4. The first-order chi connectivity index (χ1) is 24.1. The number of aromatic nitrogens is 3. The lowest BCUT2D eigenvalue weighted by molar-refractivity contribution is 1.06. The van der Waals surface area contributed by atoms with Gasteiger partial charge < -0.3 is 0 Å². The molecule has 1 atom stereocenters. The molecule has 4 heteroatoms. The van der Waals surface area contributed by atoms with Crippen molar-refractivity contribution in [3.05, 3.63) is 174 Å². The van der Waals surface area contributed by atoms with Crippen LogP contribution in [0.2, 0.25) is 0 Å². The van der Waals surface area contributed by atoms with Crippen LogP contribution >= 0.6 is 0 Å². The highest BCUT2D eigenvalue weighted by molar-refractivity contribution is 6.11. The maximum Gasteiger partial charge on any atom is 0.156 e. The van der Waals surface area contributed by atoms with E-state index in [9.17, 15) is 0 Å². The Morgan fingerprint density at radius 3 is 1.76 bits per heavy atom. The van der Waals surface area contributed by atoms with Crippen molar-refractivity contribution in [2.75, 3.05) is 0 Å². The standard InChI is InChI=1S/C45H32N4/c1-28-11-3-7-15-38(28)40(25-44-29(2)39-24-32-14-6-10-18-43(32)48-45(39)49-44)35-22-33(36-19-30-12-4-8-16-41(30)46-26-36)21-34(23-35)37-20-31-13-5-9-17-42(31)47-27-37/h3-27,29H,1-2H3/b40-25-. The summed E-state index contributed by atoms with van der Waals surface area (Å²) >= 11 is 0. The van der Waals surface area contributed by atoms with E-state index in [1.165, 1.54) is 11.1 Å². The summed E-state index contributed by atoms with van der Waals surface area (Å²) < 4.78 is 0. The van der Waals surface area contributed by atoms with Gasteiger partial charge in [0.1, 0.15) is 0 Å². The van der Waals surface area contributed by atoms with Gasteiger partial charge in [0.25, 0.3) is 0 Å². The van der Waals surface area contributed by atoms with Crippen molar-refractivity contribution in [1.82, 2.24) is 15.0 Å². The van der Waals surface area contributed by atoms with Crippen LogP contribution in [-0.2, 0) is 0 Å². The van der Waals surface area contributed by atoms with Crippen LogP contribution in [0.15, 0.2) is 157 Å². The fourth-order valence-corrected chi connectivity index (χ4v) is 6.98. The van der Waals surface area contributed by atoms with Gasteiger partial charge in [-0.15, -0.1) is 0 Å². The summed E-state index contributed by atoms with van der Waals surface area (Å²) in [5.74, 6) is 0.906. The van der Waals surface area contributed by atoms with Gasteiger partial charge in [0.05, 0.1) is 22.3 Å².